The van der Waals surface area contributed by atoms with E-state index in [2.05, 4.69) is 6.58 Å². The Bertz CT molecular complexity index is 251. The van der Waals surface area contributed by atoms with Crippen LogP contribution in [0.15, 0.2) is 29.4 Å². The van der Waals surface area contributed by atoms with E-state index in [1.807, 2.05) is 0 Å². The van der Waals surface area contributed by atoms with E-state index in [4.69, 9.17) is 4.42 Å². The van der Waals surface area contributed by atoms with Gasteiger partial charge in [-0.15, -0.1) is 0 Å². The molecule has 0 spiro atoms. The molecule has 0 bridgehead atoms. The fourth-order valence-electron chi connectivity index (χ4n) is 0.551. The van der Waals surface area contributed by atoms with Gasteiger partial charge in [-0.05, 0) is 12.1 Å². The summed E-state index contributed by atoms with van der Waals surface area (Å²) >= 11 is 0. The number of furan rings is 1. The van der Waals surface area contributed by atoms with Crippen LogP contribution in [0.3, 0.4) is 0 Å². The smallest absolute Gasteiger partial charge is 0.545 e. The Morgan fingerprint density at radius 3 is 2.64 bits per heavy atom. The Hall–Kier alpha value is -0.913. The zero-order chi connectivity index (χ0) is 7.56. The molecule has 0 unspecified atom stereocenters. The first kappa shape index (κ1) is 10.1. The molecule has 1 heterocycles. The largest absolute Gasteiger partial charge is 1.00 e. The van der Waals surface area contributed by atoms with Crippen molar-refractivity contribution in [1.82, 2.24) is 0 Å². The molecule has 0 aliphatic carbocycles. The standard InChI is InChI=1S/C7H6O3.Li/c1-5(7(8)9)6-3-2-4-10-6;/h2-4H,1H2,(H,8,9);/q;+1/p-1. The number of hydrogen-bond donors (Lipinski definition) is 0. The fourth-order valence-corrected chi connectivity index (χ4v) is 0.551. The number of carbonyl (C=O) groups excluding carboxylic acids is 1. The molecule has 1 rings (SSSR count). The summed E-state index contributed by atoms with van der Waals surface area (Å²) in [4.78, 5) is 10.1. The van der Waals surface area contributed by atoms with Gasteiger partial charge in [0.05, 0.1) is 12.2 Å². The van der Waals surface area contributed by atoms with E-state index in [-0.39, 0.29) is 30.2 Å². The van der Waals surface area contributed by atoms with Crippen LogP contribution in [0.1, 0.15) is 5.76 Å². The van der Waals surface area contributed by atoms with E-state index in [1.54, 1.807) is 6.07 Å². The summed E-state index contributed by atoms with van der Waals surface area (Å²) in [6, 6.07) is 3.10. The van der Waals surface area contributed by atoms with Gasteiger partial charge in [-0.2, -0.15) is 0 Å². The van der Waals surface area contributed by atoms with Crippen molar-refractivity contribution < 1.29 is 33.2 Å². The Morgan fingerprint density at radius 1 is 1.64 bits per heavy atom. The van der Waals surface area contributed by atoms with Crippen LogP contribution >= 0.6 is 0 Å². The van der Waals surface area contributed by atoms with Gasteiger partial charge in [0.25, 0.3) is 0 Å². The number of rotatable bonds is 2. The maximum absolute atomic E-state index is 10.1. The van der Waals surface area contributed by atoms with Crippen LogP contribution < -0.4 is 24.0 Å². The topological polar surface area (TPSA) is 53.3 Å². The van der Waals surface area contributed by atoms with E-state index < -0.39 is 5.97 Å². The molecule has 52 valence electrons. The van der Waals surface area contributed by atoms with Crippen molar-refractivity contribution in [3.8, 4) is 0 Å². The monoisotopic (exact) mass is 144 g/mol. The van der Waals surface area contributed by atoms with Gasteiger partial charge >= 0.3 is 18.9 Å². The molecule has 1 aromatic heterocycles. The molecule has 0 amide bonds. The van der Waals surface area contributed by atoms with Crippen molar-refractivity contribution in [2.24, 2.45) is 0 Å². The summed E-state index contributed by atoms with van der Waals surface area (Å²) in [5.41, 5.74) is -0.134. The second kappa shape index (κ2) is 4.07. The van der Waals surface area contributed by atoms with E-state index in [1.165, 1.54) is 12.3 Å². The predicted octanol–water partition coefficient (Wildman–Crippen LogP) is -2.95. The fraction of sp³-hybridized carbons (Fsp3) is 0. The molecule has 3 nitrogen and oxygen atoms in total. The number of carboxylic acid groups (broad SMARTS) is 1. The SMILES string of the molecule is C=C(C(=O)[O-])c1ccco1.[Li+]. The molecule has 0 fully saturated rings. The van der Waals surface area contributed by atoms with Gasteiger partial charge < -0.3 is 14.3 Å². The van der Waals surface area contributed by atoms with Crippen molar-refractivity contribution >= 4 is 11.5 Å². The second-order valence-electron chi connectivity index (χ2n) is 1.74. The first-order valence-corrected chi connectivity index (χ1v) is 2.66. The minimum absolute atomic E-state index is 0. The number of hydrogen-bond acceptors (Lipinski definition) is 3. The molecule has 0 N–H and O–H groups in total. The van der Waals surface area contributed by atoms with Crippen LogP contribution in [0.4, 0.5) is 0 Å². The predicted molar refractivity (Wildman–Crippen MR) is 32.7 cm³/mol. The minimum Gasteiger partial charge on any atom is -0.545 e. The summed E-state index contributed by atoms with van der Waals surface area (Å²) in [5, 5.41) is 10.1. The van der Waals surface area contributed by atoms with Crippen molar-refractivity contribution in [2.45, 2.75) is 0 Å². The third kappa shape index (κ3) is 2.30. The van der Waals surface area contributed by atoms with Gasteiger partial charge in [0, 0.05) is 5.57 Å². The second-order valence-corrected chi connectivity index (χ2v) is 1.74. The molecule has 11 heavy (non-hydrogen) atoms. The van der Waals surface area contributed by atoms with Crippen LogP contribution in [0, 0.1) is 0 Å². The van der Waals surface area contributed by atoms with Gasteiger partial charge in [0.1, 0.15) is 5.76 Å². The molecule has 0 saturated heterocycles. The summed E-state index contributed by atoms with van der Waals surface area (Å²) < 4.78 is 4.74. The molecule has 0 saturated carbocycles. The molecule has 0 aliphatic rings. The Balaban J connectivity index is 0.000001000. The third-order valence-corrected chi connectivity index (χ3v) is 1.07. The van der Waals surface area contributed by atoms with Crippen LogP contribution in [-0.2, 0) is 4.79 Å². The molecule has 1 aromatic rings. The summed E-state index contributed by atoms with van der Waals surface area (Å²) in [6.07, 6.45) is 1.38. The van der Waals surface area contributed by atoms with Crippen LogP contribution in [-0.4, -0.2) is 5.97 Å². The third-order valence-electron chi connectivity index (χ3n) is 1.07. The summed E-state index contributed by atoms with van der Waals surface area (Å²) in [5.74, 6) is -1.07. The Labute approximate surface area is 75.9 Å². The van der Waals surface area contributed by atoms with Crippen molar-refractivity contribution in [3.63, 3.8) is 0 Å². The Morgan fingerprint density at radius 2 is 2.27 bits per heavy atom. The summed E-state index contributed by atoms with van der Waals surface area (Å²) in [7, 11) is 0. The molecule has 0 aromatic carbocycles. The zero-order valence-electron chi connectivity index (χ0n) is 6.16. The van der Waals surface area contributed by atoms with E-state index in [9.17, 15) is 9.90 Å². The van der Waals surface area contributed by atoms with Crippen LogP contribution in [0.25, 0.3) is 5.57 Å². The van der Waals surface area contributed by atoms with Crippen LogP contribution in [0.2, 0.25) is 0 Å². The molecule has 0 aliphatic heterocycles. The minimum atomic E-state index is -1.31. The van der Waals surface area contributed by atoms with Gasteiger partial charge in [0.15, 0.2) is 0 Å². The first-order chi connectivity index (χ1) is 4.72. The van der Waals surface area contributed by atoms with E-state index >= 15 is 0 Å². The van der Waals surface area contributed by atoms with Crippen molar-refractivity contribution in [3.05, 3.63) is 30.7 Å². The summed E-state index contributed by atoms with van der Waals surface area (Å²) in [6.45, 7) is 3.24. The van der Waals surface area contributed by atoms with Gasteiger partial charge in [-0.25, -0.2) is 0 Å². The average Bonchev–Trinajstić information content (AvgIpc) is 2.36. The molecule has 0 atom stereocenters. The quantitative estimate of drug-likeness (QED) is 0.329. The van der Waals surface area contributed by atoms with E-state index in [0.29, 0.717) is 0 Å². The zero-order valence-corrected chi connectivity index (χ0v) is 6.16. The molecule has 0 radical (unpaired) electrons. The Kier molecular flexibility index (Phi) is 3.73. The van der Waals surface area contributed by atoms with Gasteiger partial charge in [-0.3, -0.25) is 0 Å². The average molecular weight is 144 g/mol. The normalized spacial score (nSPS) is 8.36. The molecular formula is C7H5LiO3. The first-order valence-electron chi connectivity index (χ1n) is 2.66. The van der Waals surface area contributed by atoms with Crippen molar-refractivity contribution in [2.75, 3.05) is 0 Å². The van der Waals surface area contributed by atoms with Crippen LogP contribution in [0.5, 0.6) is 0 Å². The number of carbonyl (C=O) groups is 1. The van der Waals surface area contributed by atoms with E-state index in [0.717, 1.165) is 0 Å². The number of aliphatic carboxylic acids is 1. The van der Waals surface area contributed by atoms with Gasteiger partial charge in [-0.1, -0.05) is 6.58 Å². The van der Waals surface area contributed by atoms with Gasteiger partial charge in [0.2, 0.25) is 0 Å². The maximum atomic E-state index is 10.1. The number of carboxylic acids is 1. The van der Waals surface area contributed by atoms with Crippen molar-refractivity contribution in [1.29, 1.82) is 0 Å². The molecular weight excluding hydrogens is 139 g/mol. The maximum Gasteiger partial charge on any atom is 1.00 e. The molecule has 4 heteroatoms.